The second-order valence-electron chi connectivity index (χ2n) is 6.74. The SMILES string of the molecule is CC(O)CC(C)O.Cl.Cl.O[Si](c1ccccc1)(c1ccccc1)c1ccccc1.[O]=[W]. The van der Waals surface area contributed by atoms with Crippen molar-refractivity contribution in [3.63, 3.8) is 0 Å². The Morgan fingerprint density at radius 1 is 0.645 bits per heavy atom. The van der Waals surface area contributed by atoms with Crippen molar-refractivity contribution in [1.29, 1.82) is 0 Å². The summed E-state index contributed by atoms with van der Waals surface area (Å²) in [7, 11) is -2.88. The number of benzene rings is 3. The van der Waals surface area contributed by atoms with E-state index in [1.165, 1.54) is 0 Å². The monoisotopic (exact) mass is 652 g/mol. The third-order valence-corrected chi connectivity index (χ3v) is 7.76. The predicted molar refractivity (Wildman–Crippen MR) is 129 cm³/mol. The Balaban J connectivity index is 0. The summed E-state index contributed by atoms with van der Waals surface area (Å²) in [5.41, 5.74) is 0. The zero-order valence-electron chi connectivity index (χ0n) is 17.5. The molecule has 0 spiro atoms. The van der Waals surface area contributed by atoms with E-state index in [9.17, 15) is 4.80 Å². The van der Waals surface area contributed by atoms with Crippen LogP contribution in [0.3, 0.4) is 0 Å². The molecule has 0 bridgehead atoms. The number of aliphatic hydroxyl groups excluding tert-OH is 2. The standard InChI is InChI=1S/C18H16OSi.C5H12O2.2ClH.O.W/c19-20(16-10-4-1-5-11-16,17-12-6-2-7-13-17)18-14-8-3-9-15-18;1-4(6)3-5(2)7;;;;/h1-15,19H;4-7H,3H2,1-2H3;2*1H;;. The molecule has 3 rings (SSSR count). The molecule has 0 radical (unpaired) electrons. The van der Waals surface area contributed by atoms with Gasteiger partial charge in [0.25, 0.3) is 8.32 Å². The molecule has 31 heavy (non-hydrogen) atoms. The molecule has 0 saturated heterocycles. The summed E-state index contributed by atoms with van der Waals surface area (Å²) in [6.45, 7) is 3.32. The van der Waals surface area contributed by atoms with Crippen LogP contribution in [-0.2, 0) is 23.2 Å². The van der Waals surface area contributed by atoms with Crippen LogP contribution in [-0.4, -0.2) is 35.5 Å². The molecular weight excluding hydrogens is 623 g/mol. The summed E-state index contributed by atoms with van der Waals surface area (Å²) in [5.74, 6) is 0. The summed E-state index contributed by atoms with van der Waals surface area (Å²) in [5, 5.41) is 20.2. The van der Waals surface area contributed by atoms with Gasteiger partial charge in [-0.15, -0.1) is 24.8 Å². The number of hydrogen-bond acceptors (Lipinski definition) is 4. The number of hydrogen-bond donors (Lipinski definition) is 3. The van der Waals surface area contributed by atoms with Gasteiger partial charge in [-0.3, -0.25) is 0 Å². The molecule has 0 aromatic heterocycles. The third kappa shape index (κ3) is 10.3. The van der Waals surface area contributed by atoms with Gasteiger partial charge in [0.2, 0.25) is 0 Å². The molecule has 0 amide bonds. The Bertz CT molecular complexity index is 707. The topological polar surface area (TPSA) is 77.8 Å². The van der Waals surface area contributed by atoms with Gasteiger partial charge >= 0.3 is 23.2 Å². The fraction of sp³-hybridized carbons (Fsp3) is 0.217. The second-order valence-corrected chi connectivity index (χ2v) is 9.90. The first kappa shape index (κ1) is 32.0. The average Bonchev–Trinajstić information content (AvgIpc) is 2.76. The van der Waals surface area contributed by atoms with Crippen molar-refractivity contribution in [3.05, 3.63) is 91.0 Å². The van der Waals surface area contributed by atoms with Crippen LogP contribution in [0.25, 0.3) is 0 Å². The van der Waals surface area contributed by atoms with Crippen molar-refractivity contribution < 1.29 is 38.2 Å². The van der Waals surface area contributed by atoms with E-state index in [-0.39, 0.29) is 37.0 Å². The average molecular weight is 653 g/mol. The van der Waals surface area contributed by atoms with Gasteiger partial charge in [-0.2, -0.15) is 0 Å². The summed E-state index contributed by atoms with van der Waals surface area (Å²) >= 11 is 0.333. The van der Waals surface area contributed by atoms with E-state index in [2.05, 4.69) is 0 Å². The van der Waals surface area contributed by atoms with Gasteiger partial charge in [0.1, 0.15) is 0 Å². The number of aliphatic hydroxyl groups is 2. The fourth-order valence-electron chi connectivity index (χ4n) is 3.03. The molecular formula is C23H30Cl2O4SiW. The van der Waals surface area contributed by atoms with Crippen molar-refractivity contribution >= 4 is 48.7 Å². The second kappa shape index (κ2) is 17.4. The Hall–Kier alpha value is -1.17. The zero-order chi connectivity index (χ0) is 21.7. The van der Waals surface area contributed by atoms with Crippen molar-refractivity contribution in [2.45, 2.75) is 32.5 Å². The molecule has 3 aromatic rings. The zero-order valence-corrected chi connectivity index (χ0v) is 23.1. The molecule has 2 atom stereocenters. The molecule has 0 saturated carbocycles. The van der Waals surface area contributed by atoms with E-state index in [0.717, 1.165) is 15.6 Å². The van der Waals surface area contributed by atoms with Crippen molar-refractivity contribution in [3.8, 4) is 0 Å². The van der Waals surface area contributed by atoms with Crippen LogP contribution in [0.4, 0.5) is 0 Å². The van der Waals surface area contributed by atoms with Crippen molar-refractivity contribution in [2.24, 2.45) is 0 Å². The third-order valence-electron chi connectivity index (χ3n) is 4.26. The van der Waals surface area contributed by atoms with Gasteiger partial charge < -0.3 is 15.0 Å². The molecule has 4 nitrogen and oxygen atoms in total. The molecule has 0 aliphatic carbocycles. The molecule has 0 aliphatic rings. The van der Waals surface area contributed by atoms with Crippen molar-refractivity contribution in [1.82, 2.24) is 0 Å². The van der Waals surface area contributed by atoms with Gasteiger partial charge in [-0.25, -0.2) is 0 Å². The van der Waals surface area contributed by atoms with Gasteiger partial charge in [-0.1, -0.05) is 91.0 Å². The maximum absolute atomic E-state index is 11.6. The quantitative estimate of drug-likeness (QED) is 0.293. The first-order valence-electron chi connectivity index (χ1n) is 9.36. The number of rotatable bonds is 5. The molecule has 3 aromatic carbocycles. The normalized spacial score (nSPS) is 11.6. The summed E-state index contributed by atoms with van der Waals surface area (Å²) in [4.78, 5) is 11.6. The molecule has 3 N–H and O–H groups in total. The van der Waals surface area contributed by atoms with E-state index in [1.807, 2.05) is 91.0 Å². The van der Waals surface area contributed by atoms with Crippen LogP contribution in [0.5, 0.6) is 0 Å². The van der Waals surface area contributed by atoms with E-state index >= 15 is 0 Å². The van der Waals surface area contributed by atoms with Crippen LogP contribution in [0, 0.1) is 0 Å². The van der Waals surface area contributed by atoms with Crippen LogP contribution in [0.2, 0.25) is 0 Å². The molecule has 0 fully saturated rings. The Kier molecular flexibility index (Phi) is 18.0. The minimum absolute atomic E-state index is 0. The first-order chi connectivity index (χ1) is 13.9. The molecule has 8 heteroatoms. The Morgan fingerprint density at radius 3 is 1.03 bits per heavy atom. The predicted octanol–water partition coefficient (Wildman–Crippen LogP) is 2.51. The summed E-state index contributed by atoms with van der Waals surface area (Å²) in [6.07, 6.45) is -0.278. The molecule has 2 unspecified atom stereocenters. The van der Waals surface area contributed by atoms with Gasteiger partial charge in [0.15, 0.2) is 0 Å². The van der Waals surface area contributed by atoms with Gasteiger partial charge in [0.05, 0.1) is 12.2 Å². The van der Waals surface area contributed by atoms with E-state index in [1.54, 1.807) is 13.8 Å². The fourth-order valence-corrected chi connectivity index (χ4v) is 6.06. The van der Waals surface area contributed by atoms with Crippen LogP contribution in [0.1, 0.15) is 20.3 Å². The summed E-state index contributed by atoms with van der Waals surface area (Å²) < 4.78 is 8.33. The van der Waals surface area contributed by atoms with E-state index in [0.29, 0.717) is 26.2 Å². The first-order valence-corrected chi connectivity index (χ1v) is 12.5. The van der Waals surface area contributed by atoms with Crippen LogP contribution < -0.4 is 15.6 Å². The van der Waals surface area contributed by atoms with E-state index < -0.39 is 8.32 Å². The maximum atomic E-state index is 11.6. The molecule has 0 heterocycles. The van der Waals surface area contributed by atoms with E-state index in [4.69, 9.17) is 13.6 Å². The van der Waals surface area contributed by atoms with Crippen LogP contribution >= 0.6 is 24.8 Å². The van der Waals surface area contributed by atoms with Gasteiger partial charge in [0, 0.05) is 0 Å². The van der Waals surface area contributed by atoms with Crippen molar-refractivity contribution in [2.75, 3.05) is 0 Å². The molecule has 0 aliphatic heterocycles. The number of halogens is 2. The van der Waals surface area contributed by atoms with Crippen LogP contribution in [0.15, 0.2) is 91.0 Å². The molecule has 170 valence electrons. The Morgan fingerprint density at radius 2 is 0.871 bits per heavy atom. The summed E-state index contributed by atoms with van der Waals surface area (Å²) in [6, 6.07) is 30.0. The van der Waals surface area contributed by atoms with Gasteiger partial charge in [-0.05, 0) is 35.8 Å². The Labute approximate surface area is 209 Å². The minimum atomic E-state index is -2.88.